The van der Waals surface area contributed by atoms with Gasteiger partial charge in [0.2, 0.25) is 0 Å². The van der Waals surface area contributed by atoms with Crippen LogP contribution in [0.2, 0.25) is 0 Å². The van der Waals surface area contributed by atoms with Crippen LogP contribution >= 0.6 is 11.8 Å². The number of nitrogens with two attached hydrogens (primary N) is 1. The predicted molar refractivity (Wildman–Crippen MR) is 63.2 cm³/mol. The van der Waals surface area contributed by atoms with Crippen LogP contribution in [0.5, 0.6) is 0 Å². The Bertz CT molecular complexity index is 451. The number of hydrogen-bond acceptors (Lipinski definition) is 3. The first kappa shape index (κ1) is 10.3. The molecule has 0 aliphatic carbocycles. The highest BCUT2D eigenvalue weighted by Crippen LogP contribution is 2.19. The molecule has 2 rings (SSSR count). The Kier molecular flexibility index (Phi) is 3.08. The fourth-order valence-corrected chi connectivity index (χ4v) is 1.92. The van der Waals surface area contributed by atoms with Gasteiger partial charge in [-0.05, 0) is 24.5 Å². The first-order valence-corrected chi connectivity index (χ1v) is 5.93. The molecule has 2 aromatic rings. The van der Waals surface area contributed by atoms with E-state index in [9.17, 15) is 0 Å². The van der Waals surface area contributed by atoms with Crippen LogP contribution in [0.25, 0.3) is 5.69 Å². The van der Waals surface area contributed by atoms with Crippen molar-refractivity contribution in [1.82, 2.24) is 9.55 Å². The summed E-state index contributed by atoms with van der Waals surface area (Å²) in [5.41, 5.74) is 7.77. The zero-order valence-corrected chi connectivity index (χ0v) is 9.37. The predicted octanol–water partition coefficient (Wildman–Crippen LogP) is 2.05. The fraction of sp³-hybridized carbons (Fsp3) is 0.182. The highest BCUT2D eigenvalue weighted by molar-refractivity contribution is 7.98. The van der Waals surface area contributed by atoms with Gasteiger partial charge in [0.25, 0.3) is 0 Å². The maximum atomic E-state index is 5.64. The Morgan fingerprint density at radius 2 is 2.33 bits per heavy atom. The normalized spacial score (nSPS) is 10.5. The minimum Gasteiger partial charge on any atom is -0.325 e. The largest absolute Gasteiger partial charge is 0.325 e. The van der Waals surface area contributed by atoms with Gasteiger partial charge in [-0.25, -0.2) is 4.98 Å². The molecule has 0 spiro atoms. The first-order chi connectivity index (χ1) is 7.35. The maximum absolute atomic E-state index is 5.64. The van der Waals surface area contributed by atoms with Crippen molar-refractivity contribution in [2.24, 2.45) is 5.73 Å². The average molecular weight is 219 g/mol. The summed E-state index contributed by atoms with van der Waals surface area (Å²) in [5.74, 6) is 0. The van der Waals surface area contributed by atoms with E-state index < -0.39 is 0 Å². The van der Waals surface area contributed by atoms with Crippen LogP contribution in [-0.4, -0.2) is 15.8 Å². The van der Waals surface area contributed by atoms with Gasteiger partial charge in [-0.15, -0.1) is 11.8 Å². The lowest BCUT2D eigenvalue weighted by molar-refractivity contribution is 0.907. The Hall–Kier alpha value is -1.26. The Morgan fingerprint density at radius 3 is 3.07 bits per heavy atom. The number of nitrogens with zero attached hydrogens (tertiary/aromatic N) is 2. The molecule has 0 saturated heterocycles. The van der Waals surface area contributed by atoms with E-state index >= 15 is 0 Å². The molecule has 15 heavy (non-hydrogen) atoms. The molecule has 1 heterocycles. The smallest absolute Gasteiger partial charge is 0.0994 e. The van der Waals surface area contributed by atoms with Gasteiger partial charge in [-0.1, -0.05) is 6.07 Å². The Labute approximate surface area is 93.3 Å². The number of aromatic nitrogens is 2. The molecular weight excluding hydrogens is 206 g/mol. The van der Waals surface area contributed by atoms with E-state index in [1.807, 2.05) is 10.6 Å². The first-order valence-electron chi connectivity index (χ1n) is 4.71. The molecule has 78 valence electrons. The zero-order valence-electron chi connectivity index (χ0n) is 8.55. The molecular formula is C11H13N3S. The molecule has 0 radical (unpaired) electrons. The van der Waals surface area contributed by atoms with E-state index in [4.69, 9.17) is 5.73 Å². The van der Waals surface area contributed by atoms with E-state index in [-0.39, 0.29) is 0 Å². The van der Waals surface area contributed by atoms with Crippen molar-refractivity contribution in [3.05, 3.63) is 42.5 Å². The van der Waals surface area contributed by atoms with Gasteiger partial charge in [-0.2, -0.15) is 0 Å². The van der Waals surface area contributed by atoms with Crippen molar-refractivity contribution in [3.63, 3.8) is 0 Å². The van der Waals surface area contributed by atoms with Crippen LogP contribution in [0.15, 0.2) is 41.7 Å². The summed E-state index contributed by atoms with van der Waals surface area (Å²) >= 11 is 1.73. The van der Waals surface area contributed by atoms with Gasteiger partial charge in [0.15, 0.2) is 0 Å². The lowest BCUT2D eigenvalue weighted by atomic mass is 10.3. The second-order valence-electron chi connectivity index (χ2n) is 3.16. The number of thioether (sulfide) groups is 1. The average Bonchev–Trinajstić information content (AvgIpc) is 2.77. The third-order valence-electron chi connectivity index (χ3n) is 2.26. The topological polar surface area (TPSA) is 43.8 Å². The quantitative estimate of drug-likeness (QED) is 0.803. The van der Waals surface area contributed by atoms with Crippen molar-refractivity contribution in [3.8, 4) is 5.69 Å². The van der Waals surface area contributed by atoms with Gasteiger partial charge < -0.3 is 10.3 Å². The Balaban J connectivity index is 2.44. The highest BCUT2D eigenvalue weighted by Gasteiger charge is 2.02. The minimum atomic E-state index is 0.503. The van der Waals surface area contributed by atoms with E-state index in [0.717, 1.165) is 11.4 Å². The maximum Gasteiger partial charge on any atom is 0.0994 e. The minimum absolute atomic E-state index is 0.503. The van der Waals surface area contributed by atoms with E-state index in [1.54, 1.807) is 24.3 Å². The van der Waals surface area contributed by atoms with Crippen LogP contribution in [0.3, 0.4) is 0 Å². The summed E-state index contributed by atoms with van der Waals surface area (Å²) in [6.45, 7) is 0.503. The summed E-state index contributed by atoms with van der Waals surface area (Å²) in [6, 6.07) is 8.32. The molecule has 0 amide bonds. The summed E-state index contributed by atoms with van der Waals surface area (Å²) < 4.78 is 2.01. The number of rotatable bonds is 3. The van der Waals surface area contributed by atoms with E-state index in [0.29, 0.717) is 6.54 Å². The van der Waals surface area contributed by atoms with E-state index in [2.05, 4.69) is 29.4 Å². The van der Waals surface area contributed by atoms with Gasteiger partial charge in [0.1, 0.15) is 0 Å². The molecule has 0 aliphatic rings. The van der Waals surface area contributed by atoms with Gasteiger partial charge >= 0.3 is 0 Å². The van der Waals surface area contributed by atoms with Crippen molar-refractivity contribution >= 4 is 11.8 Å². The van der Waals surface area contributed by atoms with Crippen LogP contribution in [0.4, 0.5) is 0 Å². The lowest BCUT2D eigenvalue weighted by Crippen LogP contribution is -2.04. The molecule has 2 N–H and O–H groups in total. The molecule has 0 unspecified atom stereocenters. The number of hydrogen-bond donors (Lipinski definition) is 1. The molecule has 0 bridgehead atoms. The van der Waals surface area contributed by atoms with Gasteiger partial charge in [-0.3, -0.25) is 0 Å². The Morgan fingerprint density at radius 1 is 1.47 bits per heavy atom. The monoisotopic (exact) mass is 219 g/mol. The molecule has 0 aliphatic heterocycles. The fourth-order valence-electron chi connectivity index (χ4n) is 1.47. The summed E-state index contributed by atoms with van der Waals surface area (Å²) in [5, 5.41) is 0. The van der Waals surface area contributed by atoms with Gasteiger partial charge in [0.05, 0.1) is 12.0 Å². The van der Waals surface area contributed by atoms with Crippen LogP contribution in [0.1, 0.15) is 5.69 Å². The molecule has 0 atom stereocenters. The molecule has 0 fully saturated rings. The number of benzene rings is 1. The summed E-state index contributed by atoms with van der Waals surface area (Å²) in [4.78, 5) is 5.34. The van der Waals surface area contributed by atoms with Gasteiger partial charge in [0, 0.05) is 23.3 Å². The SMILES string of the molecule is CSc1cccc(-n2cncc2CN)c1. The molecule has 1 aromatic carbocycles. The van der Waals surface area contributed by atoms with Crippen molar-refractivity contribution < 1.29 is 0 Å². The third-order valence-corrected chi connectivity index (χ3v) is 2.98. The third kappa shape index (κ3) is 2.06. The van der Waals surface area contributed by atoms with Crippen LogP contribution in [0, 0.1) is 0 Å². The molecule has 3 nitrogen and oxygen atoms in total. The highest BCUT2D eigenvalue weighted by atomic mass is 32.2. The van der Waals surface area contributed by atoms with E-state index in [1.165, 1.54) is 4.90 Å². The van der Waals surface area contributed by atoms with Crippen molar-refractivity contribution in [1.29, 1.82) is 0 Å². The lowest BCUT2D eigenvalue weighted by Gasteiger charge is -2.07. The molecule has 4 heteroatoms. The number of imidazole rings is 1. The second kappa shape index (κ2) is 4.51. The standard InChI is InChI=1S/C11H13N3S/c1-15-11-4-2-3-9(5-11)14-8-13-7-10(14)6-12/h2-5,7-8H,6,12H2,1H3. The molecule has 1 aromatic heterocycles. The zero-order chi connectivity index (χ0) is 10.7. The van der Waals surface area contributed by atoms with Crippen molar-refractivity contribution in [2.75, 3.05) is 6.26 Å². The summed E-state index contributed by atoms with van der Waals surface area (Å²) in [6.07, 6.45) is 5.66. The van der Waals surface area contributed by atoms with Crippen LogP contribution < -0.4 is 5.73 Å². The molecule has 0 saturated carbocycles. The second-order valence-corrected chi connectivity index (χ2v) is 4.04. The summed E-state index contributed by atoms with van der Waals surface area (Å²) in [7, 11) is 0. The van der Waals surface area contributed by atoms with Crippen molar-refractivity contribution in [2.45, 2.75) is 11.4 Å². The van der Waals surface area contributed by atoms with Crippen LogP contribution in [-0.2, 0) is 6.54 Å².